The summed E-state index contributed by atoms with van der Waals surface area (Å²) in [6.07, 6.45) is -10.2. The van der Waals surface area contributed by atoms with Crippen LogP contribution in [-0.4, -0.2) is 29.0 Å². The molecule has 132 valence electrons. The molecule has 1 heterocycles. The summed E-state index contributed by atoms with van der Waals surface area (Å²) in [5, 5.41) is -0.700. The van der Waals surface area contributed by atoms with Gasteiger partial charge >= 0.3 is 18.3 Å². The molecule has 11 heteroatoms. The van der Waals surface area contributed by atoms with Gasteiger partial charge in [0.25, 0.3) is 0 Å². The van der Waals surface area contributed by atoms with E-state index in [1.54, 1.807) is 6.92 Å². The average Bonchev–Trinajstić information content (AvgIpc) is 2.77. The number of amides is 1. The summed E-state index contributed by atoms with van der Waals surface area (Å²) in [6, 6.07) is 2.02. The van der Waals surface area contributed by atoms with Crippen LogP contribution in [0.2, 0.25) is 0 Å². The largest absolute Gasteiger partial charge is 0.473 e. The van der Waals surface area contributed by atoms with E-state index in [1.165, 1.54) is 0 Å². The van der Waals surface area contributed by atoms with Crippen LogP contribution in [0.4, 0.5) is 36.4 Å². The van der Waals surface area contributed by atoms with Crippen LogP contribution in [0.25, 0.3) is 0 Å². The number of carbonyl (C=O) groups is 1. The van der Waals surface area contributed by atoms with Crippen LogP contribution in [-0.2, 0) is 11.0 Å². The van der Waals surface area contributed by atoms with Crippen LogP contribution >= 0.6 is 11.8 Å². The van der Waals surface area contributed by atoms with Crippen LogP contribution in [0.15, 0.2) is 23.2 Å². The minimum Gasteiger partial charge on any atom is -0.320 e. The third kappa shape index (κ3) is 4.00. The molecule has 1 aliphatic heterocycles. The second kappa shape index (κ2) is 6.26. The van der Waals surface area contributed by atoms with Crippen molar-refractivity contribution >= 4 is 28.5 Å². The summed E-state index contributed by atoms with van der Waals surface area (Å²) in [5.74, 6) is -3.86. The van der Waals surface area contributed by atoms with Gasteiger partial charge in [0, 0.05) is 17.5 Å². The number of thioether (sulfide) groups is 1. The van der Waals surface area contributed by atoms with Gasteiger partial charge in [0.05, 0.1) is 5.56 Å². The highest BCUT2D eigenvalue weighted by atomic mass is 32.2. The van der Waals surface area contributed by atoms with Crippen molar-refractivity contribution in [2.24, 2.45) is 4.99 Å². The highest BCUT2D eigenvalue weighted by Gasteiger charge is 2.41. The van der Waals surface area contributed by atoms with E-state index in [0.29, 0.717) is 12.1 Å². The molecule has 0 spiro atoms. The van der Waals surface area contributed by atoms with Gasteiger partial charge in [0.15, 0.2) is 5.17 Å². The van der Waals surface area contributed by atoms with Gasteiger partial charge in [-0.1, -0.05) is 18.7 Å². The van der Waals surface area contributed by atoms with Crippen LogP contribution in [0.3, 0.4) is 0 Å². The lowest BCUT2D eigenvalue weighted by molar-refractivity contribution is -0.169. The number of anilines is 1. The average molecular weight is 374 g/mol. The molecular weight excluding hydrogens is 365 g/mol. The maximum atomic E-state index is 13.3. The van der Waals surface area contributed by atoms with Crippen LogP contribution < -0.4 is 4.90 Å². The quantitative estimate of drug-likeness (QED) is 0.690. The Morgan fingerprint density at radius 2 is 1.88 bits per heavy atom. The van der Waals surface area contributed by atoms with Crippen molar-refractivity contribution in [3.05, 3.63) is 29.6 Å². The van der Waals surface area contributed by atoms with Crippen LogP contribution in [0, 0.1) is 5.82 Å². The minimum absolute atomic E-state index is 0.0254. The summed E-state index contributed by atoms with van der Waals surface area (Å²) in [4.78, 5) is 14.9. The Kier molecular flexibility index (Phi) is 4.84. The number of amidine groups is 1. The summed E-state index contributed by atoms with van der Waals surface area (Å²) in [7, 11) is 0. The van der Waals surface area contributed by atoms with Gasteiger partial charge in [-0.15, -0.1) is 0 Å². The van der Waals surface area contributed by atoms with Gasteiger partial charge in [-0.25, -0.2) is 4.39 Å². The summed E-state index contributed by atoms with van der Waals surface area (Å²) in [5.41, 5.74) is -1.75. The number of carbonyl (C=O) groups excluding carboxylic acids is 1. The third-order valence-electron chi connectivity index (χ3n) is 2.98. The Balaban J connectivity index is 2.43. The van der Waals surface area contributed by atoms with E-state index in [2.05, 4.69) is 4.99 Å². The smallest absolute Gasteiger partial charge is 0.320 e. The van der Waals surface area contributed by atoms with Crippen molar-refractivity contribution < 1.29 is 35.5 Å². The SMILES string of the molecule is CC1CN(c2ccc(F)c(C(F)(F)F)c2)C(=NC(=O)C(F)(F)F)S1. The molecule has 1 amide bonds. The third-order valence-corrected chi connectivity index (χ3v) is 4.06. The molecule has 1 atom stereocenters. The Morgan fingerprint density at radius 1 is 1.25 bits per heavy atom. The normalized spacial score (nSPS) is 20.8. The Hall–Kier alpha value is -1.78. The van der Waals surface area contributed by atoms with Crippen molar-refractivity contribution in [1.29, 1.82) is 0 Å². The number of benzene rings is 1. The maximum Gasteiger partial charge on any atom is 0.473 e. The van der Waals surface area contributed by atoms with E-state index in [1.807, 2.05) is 0 Å². The summed E-state index contributed by atoms with van der Waals surface area (Å²) < 4.78 is 88.6. The number of hydrogen-bond donors (Lipinski definition) is 0. The van der Waals surface area contributed by atoms with Gasteiger partial charge in [0.2, 0.25) is 0 Å². The molecule has 0 N–H and O–H groups in total. The zero-order chi connectivity index (χ0) is 18.3. The van der Waals surface area contributed by atoms with Crippen molar-refractivity contribution in [1.82, 2.24) is 0 Å². The first-order valence-electron chi connectivity index (χ1n) is 6.40. The Morgan fingerprint density at radius 3 is 2.42 bits per heavy atom. The first-order chi connectivity index (χ1) is 10.9. The first-order valence-corrected chi connectivity index (χ1v) is 7.28. The van der Waals surface area contributed by atoms with Gasteiger partial charge in [0.1, 0.15) is 5.82 Å². The predicted octanol–water partition coefficient (Wildman–Crippen LogP) is 4.23. The lowest BCUT2D eigenvalue weighted by Gasteiger charge is -2.20. The molecule has 1 unspecified atom stereocenters. The molecule has 1 fully saturated rings. The molecule has 0 aliphatic carbocycles. The van der Waals surface area contributed by atoms with E-state index >= 15 is 0 Å². The Labute approximate surface area is 135 Å². The highest BCUT2D eigenvalue weighted by molar-refractivity contribution is 8.15. The molecule has 3 nitrogen and oxygen atoms in total. The topological polar surface area (TPSA) is 32.7 Å². The number of hydrogen-bond acceptors (Lipinski definition) is 2. The van der Waals surface area contributed by atoms with E-state index in [0.717, 1.165) is 22.7 Å². The maximum absolute atomic E-state index is 13.3. The van der Waals surface area contributed by atoms with Crippen molar-refractivity contribution in [3.63, 3.8) is 0 Å². The first kappa shape index (κ1) is 18.6. The monoisotopic (exact) mass is 374 g/mol. The van der Waals surface area contributed by atoms with E-state index < -0.39 is 29.6 Å². The second-order valence-electron chi connectivity index (χ2n) is 4.90. The van der Waals surface area contributed by atoms with Gasteiger partial charge in [-0.3, -0.25) is 4.79 Å². The molecule has 1 saturated heterocycles. The van der Waals surface area contributed by atoms with E-state index in [-0.39, 0.29) is 22.6 Å². The number of rotatable bonds is 1. The molecule has 2 rings (SSSR count). The zero-order valence-electron chi connectivity index (χ0n) is 11.9. The summed E-state index contributed by atoms with van der Waals surface area (Å²) in [6.45, 7) is 1.63. The predicted molar refractivity (Wildman–Crippen MR) is 74.3 cm³/mol. The minimum atomic E-state index is -5.19. The van der Waals surface area contributed by atoms with Crippen LogP contribution in [0.5, 0.6) is 0 Å². The number of alkyl halides is 6. The van der Waals surface area contributed by atoms with Crippen LogP contribution in [0.1, 0.15) is 12.5 Å². The lowest BCUT2D eigenvalue weighted by Crippen LogP contribution is -2.29. The van der Waals surface area contributed by atoms with E-state index in [9.17, 15) is 35.5 Å². The second-order valence-corrected chi connectivity index (χ2v) is 6.30. The summed E-state index contributed by atoms with van der Waals surface area (Å²) >= 11 is 0.811. The standard InChI is InChI=1S/C13H9F7N2OS/c1-6-5-22(11(24-6)21-10(23)13(18,19)20)7-2-3-9(14)8(4-7)12(15,16)17/h2-4,6H,5H2,1H3. The van der Waals surface area contributed by atoms with Gasteiger partial charge in [-0.2, -0.15) is 31.3 Å². The number of aliphatic imine (C=N–C) groups is 1. The molecule has 1 aromatic rings. The zero-order valence-corrected chi connectivity index (χ0v) is 12.7. The van der Waals surface area contributed by atoms with Crippen molar-refractivity contribution in [2.75, 3.05) is 11.4 Å². The fraction of sp³-hybridized carbons (Fsp3) is 0.385. The molecule has 1 aliphatic rings. The van der Waals surface area contributed by atoms with Crippen molar-refractivity contribution in [3.8, 4) is 0 Å². The molecular formula is C13H9F7N2OS. The highest BCUT2D eigenvalue weighted by Crippen LogP contribution is 2.37. The molecule has 0 radical (unpaired) electrons. The molecule has 0 bridgehead atoms. The fourth-order valence-electron chi connectivity index (χ4n) is 1.97. The van der Waals surface area contributed by atoms with E-state index in [4.69, 9.17) is 0 Å². The number of halogens is 7. The molecule has 0 aromatic heterocycles. The molecule has 24 heavy (non-hydrogen) atoms. The molecule has 1 aromatic carbocycles. The fourth-order valence-corrected chi connectivity index (χ4v) is 2.99. The Bertz CT molecular complexity index is 684. The van der Waals surface area contributed by atoms with Gasteiger partial charge < -0.3 is 4.90 Å². The lowest BCUT2D eigenvalue weighted by atomic mass is 10.1. The molecule has 0 saturated carbocycles. The van der Waals surface area contributed by atoms with Crippen molar-refractivity contribution in [2.45, 2.75) is 24.5 Å². The number of nitrogens with zero attached hydrogens (tertiary/aromatic N) is 2. The van der Waals surface area contributed by atoms with Gasteiger partial charge in [-0.05, 0) is 18.2 Å².